The summed E-state index contributed by atoms with van der Waals surface area (Å²) in [6.45, 7) is 2.22. The van der Waals surface area contributed by atoms with Crippen molar-refractivity contribution in [1.82, 2.24) is 9.78 Å². The van der Waals surface area contributed by atoms with Crippen LogP contribution in [0.3, 0.4) is 0 Å². The van der Waals surface area contributed by atoms with Gasteiger partial charge in [0.25, 0.3) is 0 Å². The molecule has 1 heterocycles. The average molecular weight is 401 g/mol. The first-order valence-corrected chi connectivity index (χ1v) is 9.67. The second-order valence-corrected chi connectivity index (χ2v) is 7.19. The number of anilines is 2. The predicted molar refractivity (Wildman–Crippen MR) is 122 cm³/mol. The molecular weight excluding hydrogens is 380 g/mol. The van der Waals surface area contributed by atoms with E-state index >= 15 is 0 Å². The standard InChI is InChI=1S/C23H20N4OS/c1-16(28)17-9-11-20(12-10-17)25-23(29)26-21-13-24-27(15-21)14-19-7-4-6-18-5-2-3-8-22(18)19/h2-13,15H,14H2,1H3,(H2,25,26,29). The van der Waals surface area contributed by atoms with Crippen LogP contribution in [0.5, 0.6) is 0 Å². The number of hydrogen-bond donors (Lipinski definition) is 2. The van der Waals surface area contributed by atoms with E-state index in [1.807, 2.05) is 29.1 Å². The Morgan fingerprint density at radius 3 is 2.48 bits per heavy atom. The molecule has 2 N–H and O–H groups in total. The number of nitrogens with one attached hydrogen (secondary N) is 2. The van der Waals surface area contributed by atoms with Crippen LogP contribution in [0.4, 0.5) is 11.4 Å². The first kappa shape index (κ1) is 18.8. The lowest BCUT2D eigenvalue weighted by Crippen LogP contribution is -2.18. The van der Waals surface area contributed by atoms with Gasteiger partial charge >= 0.3 is 0 Å². The van der Waals surface area contributed by atoms with Crippen molar-refractivity contribution < 1.29 is 4.79 Å². The van der Waals surface area contributed by atoms with Gasteiger partial charge in [-0.3, -0.25) is 9.48 Å². The minimum Gasteiger partial charge on any atom is -0.332 e. The van der Waals surface area contributed by atoms with Gasteiger partial charge < -0.3 is 10.6 Å². The topological polar surface area (TPSA) is 59.0 Å². The number of aromatic nitrogens is 2. The van der Waals surface area contributed by atoms with E-state index < -0.39 is 0 Å². The van der Waals surface area contributed by atoms with Crippen LogP contribution in [0.2, 0.25) is 0 Å². The molecule has 0 bridgehead atoms. The van der Waals surface area contributed by atoms with Gasteiger partial charge in [-0.2, -0.15) is 5.10 Å². The van der Waals surface area contributed by atoms with E-state index in [9.17, 15) is 4.79 Å². The summed E-state index contributed by atoms with van der Waals surface area (Å²) in [4.78, 5) is 11.4. The van der Waals surface area contributed by atoms with Crippen molar-refractivity contribution in [2.75, 3.05) is 10.6 Å². The SMILES string of the molecule is CC(=O)c1ccc(NC(=S)Nc2cnn(Cc3cccc4ccccc34)c2)cc1. The Morgan fingerprint density at radius 1 is 0.966 bits per heavy atom. The molecule has 144 valence electrons. The molecule has 5 nitrogen and oxygen atoms in total. The highest BCUT2D eigenvalue weighted by Crippen LogP contribution is 2.20. The van der Waals surface area contributed by atoms with E-state index in [1.54, 1.807) is 25.3 Å². The first-order chi connectivity index (χ1) is 14.1. The second kappa shape index (κ2) is 8.24. The van der Waals surface area contributed by atoms with E-state index in [4.69, 9.17) is 12.2 Å². The van der Waals surface area contributed by atoms with Gasteiger partial charge in [-0.1, -0.05) is 42.5 Å². The average Bonchev–Trinajstić information content (AvgIpc) is 3.15. The number of carbonyl (C=O) groups is 1. The molecule has 6 heteroatoms. The predicted octanol–water partition coefficient (Wildman–Crippen LogP) is 5.10. The lowest BCUT2D eigenvalue weighted by atomic mass is 10.0. The van der Waals surface area contributed by atoms with Crippen molar-refractivity contribution in [1.29, 1.82) is 0 Å². The molecule has 4 aromatic rings. The third kappa shape index (κ3) is 4.50. The van der Waals surface area contributed by atoms with Crippen LogP contribution in [0, 0.1) is 0 Å². The number of fused-ring (bicyclic) bond motifs is 1. The Balaban J connectivity index is 1.41. The highest BCUT2D eigenvalue weighted by Gasteiger charge is 2.06. The van der Waals surface area contributed by atoms with Crippen LogP contribution >= 0.6 is 12.2 Å². The Labute approximate surface area is 174 Å². The van der Waals surface area contributed by atoms with Crippen LogP contribution < -0.4 is 10.6 Å². The minimum absolute atomic E-state index is 0.0378. The van der Waals surface area contributed by atoms with E-state index in [2.05, 4.69) is 52.1 Å². The summed E-state index contributed by atoms with van der Waals surface area (Å²) in [6.07, 6.45) is 3.67. The number of carbonyl (C=O) groups excluding carboxylic acids is 1. The number of thiocarbonyl (C=S) groups is 1. The van der Waals surface area contributed by atoms with E-state index in [1.165, 1.54) is 16.3 Å². The third-order valence-corrected chi connectivity index (χ3v) is 4.86. The maximum Gasteiger partial charge on any atom is 0.175 e. The number of nitrogens with zero attached hydrogens (tertiary/aromatic N) is 2. The van der Waals surface area contributed by atoms with Gasteiger partial charge in [-0.05, 0) is 59.7 Å². The number of ketones is 1. The smallest absolute Gasteiger partial charge is 0.175 e. The summed E-state index contributed by atoms with van der Waals surface area (Å²) in [7, 11) is 0. The van der Waals surface area contributed by atoms with E-state index in [-0.39, 0.29) is 5.78 Å². The molecule has 0 amide bonds. The summed E-state index contributed by atoms with van der Waals surface area (Å²) in [5.41, 5.74) is 3.51. The van der Waals surface area contributed by atoms with E-state index in [0.717, 1.165) is 11.4 Å². The zero-order valence-corrected chi connectivity index (χ0v) is 16.7. The summed E-state index contributed by atoms with van der Waals surface area (Å²) in [5, 5.41) is 13.6. The summed E-state index contributed by atoms with van der Waals surface area (Å²) < 4.78 is 1.88. The van der Waals surface area contributed by atoms with E-state index in [0.29, 0.717) is 17.2 Å². The Hall–Kier alpha value is -3.51. The van der Waals surface area contributed by atoms with Gasteiger partial charge in [0.2, 0.25) is 0 Å². The van der Waals surface area contributed by atoms with Crippen LogP contribution in [0.1, 0.15) is 22.8 Å². The summed E-state index contributed by atoms with van der Waals surface area (Å²) in [5.74, 6) is 0.0378. The Bertz CT molecular complexity index is 1180. The maximum atomic E-state index is 11.4. The molecular formula is C23H20N4OS. The molecule has 0 radical (unpaired) electrons. The van der Waals surface area contributed by atoms with Crippen molar-refractivity contribution in [3.8, 4) is 0 Å². The zero-order chi connectivity index (χ0) is 20.2. The molecule has 0 saturated heterocycles. The minimum atomic E-state index is 0.0378. The van der Waals surface area contributed by atoms with Crippen LogP contribution in [-0.2, 0) is 6.54 Å². The van der Waals surface area contributed by atoms with Crippen molar-refractivity contribution in [2.45, 2.75) is 13.5 Å². The third-order valence-electron chi connectivity index (χ3n) is 4.65. The van der Waals surface area contributed by atoms with Gasteiger partial charge in [-0.15, -0.1) is 0 Å². The summed E-state index contributed by atoms with van der Waals surface area (Å²) >= 11 is 5.38. The zero-order valence-electron chi connectivity index (χ0n) is 15.9. The quantitative estimate of drug-likeness (QED) is 0.361. The fourth-order valence-corrected chi connectivity index (χ4v) is 3.44. The molecule has 0 aliphatic carbocycles. The summed E-state index contributed by atoms with van der Waals surface area (Å²) in [6, 6.07) is 21.8. The molecule has 1 aromatic heterocycles. The lowest BCUT2D eigenvalue weighted by Gasteiger charge is -2.09. The molecule has 29 heavy (non-hydrogen) atoms. The lowest BCUT2D eigenvalue weighted by molar-refractivity contribution is 0.101. The van der Waals surface area contributed by atoms with Gasteiger partial charge in [-0.25, -0.2) is 0 Å². The molecule has 0 unspecified atom stereocenters. The normalized spacial score (nSPS) is 10.7. The van der Waals surface area contributed by atoms with Crippen LogP contribution in [-0.4, -0.2) is 20.7 Å². The number of benzene rings is 3. The van der Waals surface area contributed by atoms with Gasteiger partial charge in [0.15, 0.2) is 10.9 Å². The highest BCUT2D eigenvalue weighted by atomic mass is 32.1. The van der Waals surface area contributed by atoms with Crippen molar-refractivity contribution >= 4 is 45.3 Å². The number of hydrogen-bond acceptors (Lipinski definition) is 3. The Kier molecular flexibility index (Phi) is 5.35. The van der Waals surface area contributed by atoms with Crippen LogP contribution in [0.15, 0.2) is 79.1 Å². The van der Waals surface area contributed by atoms with Crippen molar-refractivity contribution in [3.05, 3.63) is 90.3 Å². The fourth-order valence-electron chi connectivity index (χ4n) is 3.20. The molecule has 0 atom stereocenters. The first-order valence-electron chi connectivity index (χ1n) is 9.26. The molecule has 0 fully saturated rings. The number of Topliss-reactive ketones (excluding diaryl/α,β-unsaturated/α-hetero) is 1. The number of rotatable bonds is 5. The Morgan fingerprint density at radius 2 is 1.69 bits per heavy atom. The maximum absolute atomic E-state index is 11.4. The van der Waals surface area contributed by atoms with Crippen LogP contribution in [0.25, 0.3) is 10.8 Å². The monoisotopic (exact) mass is 400 g/mol. The van der Waals surface area contributed by atoms with Crippen molar-refractivity contribution in [3.63, 3.8) is 0 Å². The second-order valence-electron chi connectivity index (χ2n) is 6.78. The molecule has 3 aromatic carbocycles. The van der Waals surface area contributed by atoms with Gasteiger partial charge in [0.1, 0.15) is 0 Å². The molecule has 0 aliphatic heterocycles. The van der Waals surface area contributed by atoms with Crippen molar-refractivity contribution in [2.24, 2.45) is 0 Å². The molecule has 4 rings (SSSR count). The molecule has 0 aliphatic rings. The fraction of sp³-hybridized carbons (Fsp3) is 0.0870. The molecule has 0 saturated carbocycles. The van der Waals surface area contributed by atoms with Gasteiger partial charge in [0.05, 0.1) is 18.4 Å². The highest BCUT2D eigenvalue weighted by molar-refractivity contribution is 7.80. The largest absolute Gasteiger partial charge is 0.332 e. The van der Waals surface area contributed by atoms with Gasteiger partial charge in [0, 0.05) is 17.4 Å². The molecule has 0 spiro atoms.